The third-order valence-electron chi connectivity index (χ3n) is 5.15. The highest BCUT2D eigenvalue weighted by Gasteiger charge is 2.21. The molecule has 2 aromatic heterocycles. The normalized spacial score (nSPS) is 11.8. The molecular formula is C24H22ClN3O3S. The predicted octanol–water partition coefficient (Wildman–Crippen LogP) is 6.55. The van der Waals surface area contributed by atoms with Gasteiger partial charge in [0.15, 0.2) is 17.2 Å². The number of methoxy groups -OCH3 is 2. The quantitative estimate of drug-likeness (QED) is 0.294. The average Bonchev–Trinajstić information content (AvgIpc) is 3.41. The fourth-order valence-electron chi connectivity index (χ4n) is 3.59. The molecule has 0 saturated heterocycles. The van der Waals surface area contributed by atoms with Crippen molar-refractivity contribution in [1.29, 1.82) is 5.26 Å². The number of ether oxygens (including phenoxy) is 3. The highest BCUT2D eigenvalue weighted by molar-refractivity contribution is 7.15. The number of aromatic nitrogens is 2. The van der Waals surface area contributed by atoms with Crippen LogP contribution in [0.15, 0.2) is 48.8 Å². The monoisotopic (exact) mass is 467 g/mol. The van der Waals surface area contributed by atoms with Crippen LogP contribution in [-0.4, -0.2) is 23.8 Å². The molecule has 0 radical (unpaired) electrons. The maximum atomic E-state index is 9.75. The van der Waals surface area contributed by atoms with Crippen LogP contribution in [0.2, 0.25) is 5.02 Å². The van der Waals surface area contributed by atoms with Crippen molar-refractivity contribution >= 4 is 34.0 Å². The van der Waals surface area contributed by atoms with Gasteiger partial charge in [-0.05, 0) is 12.5 Å². The van der Waals surface area contributed by atoms with Crippen LogP contribution in [-0.2, 0) is 0 Å². The Morgan fingerprint density at radius 1 is 1.12 bits per heavy atom. The van der Waals surface area contributed by atoms with E-state index in [1.807, 2.05) is 47.0 Å². The largest absolute Gasteiger partial charge is 0.493 e. The second kappa shape index (κ2) is 9.51. The average molecular weight is 468 g/mol. The maximum absolute atomic E-state index is 9.75. The minimum Gasteiger partial charge on any atom is -0.493 e. The fourth-order valence-corrected chi connectivity index (χ4v) is 4.72. The highest BCUT2D eigenvalue weighted by Crippen LogP contribution is 2.39. The van der Waals surface area contributed by atoms with E-state index in [1.165, 1.54) is 11.3 Å². The third kappa shape index (κ3) is 4.12. The first-order valence-corrected chi connectivity index (χ1v) is 11.3. The van der Waals surface area contributed by atoms with Gasteiger partial charge in [-0.1, -0.05) is 43.1 Å². The molecule has 4 rings (SSSR count). The third-order valence-corrected chi connectivity index (χ3v) is 6.51. The Morgan fingerprint density at radius 2 is 1.88 bits per heavy atom. The van der Waals surface area contributed by atoms with Crippen LogP contribution in [0.3, 0.4) is 0 Å². The van der Waals surface area contributed by atoms with Gasteiger partial charge in [-0.2, -0.15) is 5.26 Å². The van der Waals surface area contributed by atoms with Crippen molar-refractivity contribution in [1.82, 2.24) is 9.55 Å². The lowest BCUT2D eigenvalue weighted by Gasteiger charge is -2.19. The summed E-state index contributed by atoms with van der Waals surface area (Å²) in [5.74, 6) is 1.76. The van der Waals surface area contributed by atoms with Gasteiger partial charge in [0.25, 0.3) is 0 Å². The Morgan fingerprint density at radius 3 is 2.56 bits per heavy atom. The Labute approximate surface area is 195 Å². The molecule has 0 amide bonds. The van der Waals surface area contributed by atoms with Gasteiger partial charge in [0.05, 0.1) is 25.3 Å². The number of benzene rings is 2. The molecule has 32 heavy (non-hydrogen) atoms. The van der Waals surface area contributed by atoms with Crippen molar-refractivity contribution in [3.05, 3.63) is 64.3 Å². The first kappa shape index (κ1) is 22.0. The number of nitrogens with zero attached hydrogens (tertiary/aromatic N) is 3. The molecule has 8 heteroatoms. The highest BCUT2D eigenvalue weighted by atomic mass is 35.5. The summed E-state index contributed by atoms with van der Waals surface area (Å²) in [5, 5.41) is 11.2. The van der Waals surface area contributed by atoms with E-state index in [4.69, 9.17) is 25.8 Å². The standard InChI is InChI=1S/C24H22ClN3O3S/c1-4-7-19(15-8-5-6-9-16(15)25)31-22-12-24(32-23(22)13-26)28-14-27-17-10-20(29-2)21(30-3)11-18(17)28/h5-6,8-12,14,19H,4,7H2,1-3H3/t19-/m0/s1. The minimum atomic E-state index is -0.243. The number of nitriles is 1. The van der Waals surface area contributed by atoms with Crippen molar-refractivity contribution < 1.29 is 14.2 Å². The molecule has 0 N–H and O–H groups in total. The first-order valence-electron chi connectivity index (χ1n) is 10.1. The Balaban J connectivity index is 1.74. The SMILES string of the molecule is CCC[C@H](Oc1cc(-n2cnc3cc(OC)c(OC)cc32)sc1C#N)c1ccccc1Cl. The number of halogens is 1. The van der Waals surface area contributed by atoms with Crippen LogP contribution in [0.4, 0.5) is 0 Å². The van der Waals surface area contributed by atoms with E-state index in [0.717, 1.165) is 34.4 Å². The van der Waals surface area contributed by atoms with Crippen LogP contribution < -0.4 is 14.2 Å². The van der Waals surface area contributed by atoms with Crippen LogP contribution in [0.25, 0.3) is 16.0 Å². The molecule has 0 fully saturated rings. The minimum absolute atomic E-state index is 0.243. The molecule has 0 aliphatic heterocycles. The Hall–Kier alpha value is -3.21. The van der Waals surface area contributed by atoms with Crippen molar-refractivity contribution in [2.24, 2.45) is 0 Å². The Bertz CT molecular complexity index is 1290. The van der Waals surface area contributed by atoms with Crippen molar-refractivity contribution in [3.63, 3.8) is 0 Å². The van der Waals surface area contributed by atoms with Crippen LogP contribution in [0.5, 0.6) is 17.2 Å². The van der Waals surface area contributed by atoms with Crippen LogP contribution in [0.1, 0.15) is 36.3 Å². The zero-order valence-corrected chi connectivity index (χ0v) is 19.5. The first-order chi connectivity index (χ1) is 15.6. The van der Waals surface area contributed by atoms with Gasteiger partial charge in [-0.25, -0.2) is 4.98 Å². The van der Waals surface area contributed by atoms with Crippen molar-refractivity contribution in [3.8, 4) is 28.3 Å². The van der Waals surface area contributed by atoms with Crippen LogP contribution >= 0.6 is 22.9 Å². The fraction of sp³-hybridized carbons (Fsp3) is 0.250. The van der Waals surface area contributed by atoms with E-state index >= 15 is 0 Å². The molecule has 2 aromatic carbocycles. The molecule has 0 aliphatic carbocycles. The lowest BCUT2D eigenvalue weighted by Crippen LogP contribution is -2.08. The number of imidazole rings is 1. The predicted molar refractivity (Wildman–Crippen MR) is 126 cm³/mol. The molecule has 164 valence electrons. The second-order valence-corrected chi connectivity index (χ2v) is 8.55. The van der Waals surface area contributed by atoms with Gasteiger partial charge in [0.2, 0.25) is 0 Å². The van der Waals surface area contributed by atoms with Gasteiger partial charge >= 0.3 is 0 Å². The number of hydrogen-bond acceptors (Lipinski definition) is 6. The van der Waals surface area contributed by atoms with Gasteiger partial charge in [0, 0.05) is 28.8 Å². The van der Waals surface area contributed by atoms with Gasteiger partial charge in [-0.3, -0.25) is 4.57 Å². The maximum Gasteiger partial charge on any atom is 0.163 e. The summed E-state index contributed by atoms with van der Waals surface area (Å²) in [6, 6.07) is 15.5. The van der Waals surface area contributed by atoms with E-state index in [9.17, 15) is 5.26 Å². The van der Waals surface area contributed by atoms with Crippen LogP contribution in [0, 0.1) is 11.3 Å². The summed E-state index contributed by atoms with van der Waals surface area (Å²) in [7, 11) is 3.19. The molecule has 2 heterocycles. The molecule has 0 unspecified atom stereocenters. The van der Waals surface area contributed by atoms with Gasteiger partial charge < -0.3 is 14.2 Å². The molecule has 1 atom stereocenters. The number of thiophene rings is 1. The number of rotatable bonds is 8. The lowest BCUT2D eigenvalue weighted by atomic mass is 10.1. The summed E-state index contributed by atoms with van der Waals surface area (Å²) in [5.41, 5.74) is 2.52. The summed E-state index contributed by atoms with van der Waals surface area (Å²) >= 11 is 7.77. The molecule has 0 bridgehead atoms. The molecule has 0 aliphatic rings. The smallest absolute Gasteiger partial charge is 0.163 e. The zero-order chi connectivity index (χ0) is 22.7. The topological polar surface area (TPSA) is 69.3 Å². The van der Waals surface area contributed by atoms with Gasteiger partial charge in [-0.15, -0.1) is 11.3 Å². The van der Waals surface area contributed by atoms with E-state index < -0.39 is 0 Å². The summed E-state index contributed by atoms with van der Waals surface area (Å²) in [6.45, 7) is 2.09. The van der Waals surface area contributed by atoms with E-state index in [0.29, 0.717) is 27.1 Å². The summed E-state index contributed by atoms with van der Waals surface area (Å²) < 4.78 is 19.1. The van der Waals surface area contributed by atoms with Crippen molar-refractivity contribution in [2.45, 2.75) is 25.9 Å². The molecule has 6 nitrogen and oxygen atoms in total. The van der Waals surface area contributed by atoms with E-state index in [2.05, 4.69) is 18.0 Å². The summed E-state index contributed by atoms with van der Waals surface area (Å²) in [6.07, 6.45) is 3.18. The molecule has 4 aromatic rings. The van der Waals surface area contributed by atoms with Gasteiger partial charge in [0.1, 0.15) is 28.4 Å². The number of fused-ring (bicyclic) bond motifs is 1. The van der Waals surface area contributed by atoms with E-state index in [1.54, 1.807) is 20.5 Å². The number of hydrogen-bond donors (Lipinski definition) is 0. The summed E-state index contributed by atoms with van der Waals surface area (Å²) in [4.78, 5) is 4.98. The lowest BCUT2D eigenvalue weighted by molar-refractivity contribution is 0.194. The molecular weight excluding hydrogens is 446 g/mol. The molecule has 0 spiro atoms. The zero-order valence-electron chi connectivity index (χ0n) is 18.0. The Kier molecular flexibility index (Phi) is 6.54. The second-order valence-electron chi connectivity index (χ2n) is 7.12. The molecule has 0 saturated carbocycles. The van der Waals surface area contributed by atoms with E-state index in [-0.39, 0.29) is 6.10 Å². The van der Waals surface area contributed by atoms with Crippen molar-refractivity contribution in [2.75, 3.05) is 14.2 Å².